The van der Waals surface area contributed by atoms with E-state index in [1.165, 1.54) is 0 Å². The molecule has 6 nitrogen and oxygen atoms in total. The highest BCUT2D eigenvalue weighted by molar-refractivity contribution is 6.48. The molecule has 0 N–H and O–H groups in total. The summed E-state index contributed by atoms with van der Waals surface area (Å²) in [5.74, 6) is -1.63. The van der Waals surface area contributed by atoms with Gasteiger partial charge in [-0.15, -0.1) is 11.6 Å². The number of fused-ring (bicyclic) bond motifs is 1. The van der Waals surface area contributed by atoms with Gasteiger partial charge in [0.25, 0.3) is 0 Å². The maximum Gasteiger partial charge on any atom is 0.321 e. The van der Waals surface area contributed by atoms with Crippen molar-refractivity contribution in [3.8, 4) is 0 Å². The zero-order chi connectivity index (χ0) is 20.6. The minimum atomic E-state index is -0.820. The number of carbonyl (C=O) groups excluding carboxylic acids is 1. The maximum atomic E-state index is 11.6. The Labute approximate surface area is 183 Å². The van der Waals surface area contributed by atoms with Gasteiger partial charge in [0.1, 0.15) is 30.3 Å². The molecule has 10 heteroatoms. The van der Waals surface area contributed by atoms with Crippen LogP contribution in [0.15, 0.2) is 12.1 Å². The first kappa shape index (κ1) is 22.4. The molecule has 156 valence electrons. The van der Waals surface area contributed by atoms with Gasteiger partial charge < -0.3 is 23.7 Å². The van der Waals surface area contributed by atoms with Crippen LogP contribution in [-0.2, 0) is 35.1 Å². The van der Waals surface area contributed by atoms with Crippen LogP contribution in [0.4, 0.5) is 0 Å². The van der Waals surface area contributed by atoms with Crippen molar-refractivity contribution in [2.75, 3.05) is 5.88 Å². The lowest BCUT2D eigenvalue weighted by Gasteiger charge is -2.29. The largest absolute Gasteiger partial charge is 0.459 e. The average Bonchev–Trinajstić information content (AvgIpc) is 3.11. The number of esters is 1. The fourth-order valence-electron chi connectivity index (χ4n) is 3.24. The van der Waals surface area contributed by atoms with E-state index in [0.29, 0.717) is 15.6 Å². The Balaban J connectivity index is 1.77. The Morgan fingerprint density at radius 1 is 1.21 bits per heavy atom. The third-order valence-electron chi connectivity index (χ3n) is 4.46. The van der Waals surface area contributed by atoms with E-state index in [-0.39, 0.29) is 17.5 Å². The molecule has 28 heavy (non-hydrogen) atoms. The quantitative estimate of drug-likeness (QED) is 0.342. The number of rotatable bonds is 6. The van der Waals surface area contributed by atoms with E-state index in [0.717, 1.165) is 0 Å². The molecule has 0 saturated carbocycles. The molecule has 0 aliphatic carbocycles. The van der Waals surface area contributed by atoms with E-state index in [1.54, 1.807) is 32.9 Å². The molecule has 0 unspecified atom stereocenters. The zero-order valence-electron chi connectivity index (χ0n) is 15.4. The van der Waals surface area contributed by atoms with Crippen LogP contribution in [0.2, 0.25) is 15.1 Å². The standard InChI is InChI=1S/C18H20Cl4O6/c1-8(25-11(23)6-19)14-15(16-17(26-14)28-18(2,3)27-16)24-7-9-4-5-10(20)13(22)12(9)21/h4-5,8,14-17H,6-7H2,1-3H3/t8-,14-,15+,16-,17-/m1/s1. The van der Waals surface area contributed by atoms with Gasteiger partial charge in [-0.3, -0.25) is 4.79 Å². The number of halogens is 4. The number of carbonyl (C=O) groups is 1. The van der Waals surface area contributed by atoms with Gasteiger partial charge in [0.15, 0.2) is 12.1 Å². The number of hydrogen-bond donors (Lipinski definition) is 0. The van der Waals surface area contributed by atoms with E-state index < -0.39 is 42.5 Å². The van der Waals surface area contributed by atoms with Crippen LogP contribution < -0.4 is 0 Å². The molecule has 5 atom stereocenters. The van der Waals surface area contributed by atoms with E-state index in [9.17, 15) is 4.79 Å². The number of alkyl halides is 1. The van der Waals surface area contributed by atoms with Crippen molar-refractivity contribution in [2.45, 2.75) is 63.9 Å². The molecule has 0 aromatic heterocycles. The van der Waals surface area contributed by atoms with Crippen LogP contribution in [0.25, 0.3) is 0 Å². The number of ether oxygens (including phenoxy) is 5. The second-order valence-electron chi connectivity index (χ2n) is 7.01. The monoisotopic (exact) mass is 472 g/mol. The fourth-order valence-corrected chi connectivity index (χ4v) is 3.91. The molecule has 1 aromatic rings. The molecule has 0 radical (unpaired) electrons. The van der Waals surface area contributed by atoms with Crippen LogP contribution in [-0.4, -0.2) is 48.3 Å². The van der Waals surface area contributed by atoms with Crippen molar-refractivity contribution in [3.63, 3.8) is 0 Å². The molecule has 2 aliphatic heterocycles. The highest BCUT2D eigenvalue weighted by Crippen LogP contribution is 2.41. The van der Waals surface area contributed by atoms with E-state index in [4.69, 9.17) is 70.1 Å². The Kier molecular flexibility index (Phi) is 7.05. The molecular weight excluding hydrogens is 454 g/mol. The predicted molar refractivity (Wildman–Crippen MR) is 105 cm³/mol. The Morgan fingerprint density at radius 3 is 2.61 bits per heavy atom. The molecule has 0 bridgehead atoms. The van der Waals surface area contributed by atoms with Gasteiger partial charge in [-0.05, 0) is 32.4 Å². The van der Waals surface area contributed by atoms with Gasteiger partial charge in [-0.1, -0.05) is 40.9 Å². The van der Waals surface area contributed by atoms with E-state index >= 15 is 0 Å². The summed E-state index contributed by atoms with van der Waals surface area (Å²) in [5, 5.41) is 0.924. The van der Waals surface area contributed by atoms with Crippen molar-refractivity contribution in [2.24, 2.45) is 0 Å². The Hall–Kier alpha value is -0.310. The zero-order valence-corrected chi connectivity index (χ0v) is 18.4. The first-order chi connectivity index (χ1) is 13.1. The van der Waals surface area contributed by atoms with Gasteiger partial charge in [0.05, 0.1) is 21.7 Å². The summed E-state index contributed by atoms with van der Waals surface area (Å²) in [7, 11) is 0. The summed E-state index contributed by atoms with van der Waals surface area (Å²) in [6.07, 6.45) is -2.96. The van der Waals surface area contributed by atoms with Crippen LogP contribution in [0.1, 0.15) is 26.3 Å². The van der Waals surface area contributed by atoms with Gasteiger partial charge in [0, 0.05) is 0 Å². The van der Waals surface area contributed by atoms with Crippen molar-refractivity contribution in [3.05, 3.63) is 32.8 Å². The number of benzene rings is 1. The van der Waals surface area contributed by atoms with Gasteiger partial charge in [-0.25, -0.2) is 0 Å². The Bertz CT molecular complexity index is 743. The highest BCUT2D eigenvalue weighted by atomic mass is 35.5. The van der Waals surface area contributed by atoms with Crippen LogP contribution in [0.5, 0.6) is 0 Å². The molecule has 2 aliphatic rings. The predicted octanol–water partition coefficient (Wildman–Crippen LogP) is 4.58. The normalized spacial score (nSPS) is 29.5. The van der Waals surface area contributed by atoms with E-state index in [1.807, 2.05) is 0 Å². The summed E-state index contributed by atoms with van der Waals surface area (Å²) in [4.78, 5) is 11.6. The van der Waals surface area contributed by atoms with Crippen molar-refractivity contribution >= 4 is 52.4 Å². The third kappa shape index (κ3) is 4.71. The fraction of sp³-hybridized carbons (Fsp3) is 0.611. The topological polar surface area (TPSA) is 63.2 Å². The molecule has 0 amide bonds. The first-order valence-corrected chi connectivity index (χ1v) is 10.3. The van der Waals surface area contributed by atoms with Crippen molar-refractivity contribution in [1.82, 2.24) is 0 Å². The minimum Gasteiger partial charge on any atom is -0.459 e. The Morgan fingerprint density at radius 2 is 1.93 bits per heavy atom. The van der Waals surface area contributed by atoms with Crippen LogP contribution in [0.3, 0.4) is 0 Å². The lowest BCUT2D eigenvalue weighted by atomic mass is 10.1. The summed E-state index contributed by atoms with van der Waals surface area (Å²) in [5.41, 5.74) is 0.654. The lowest BCUT2D eigenvalue weighted by molar-refractivity contribution is -0.231. The first-order valence-electron chi connectivity index (χ1n) is 8.63. The highest BCUT2D eigenvalue weighted by Gasteiger charge is 2.57. The van der Waals surface area contributed by atoms with Crippen LogP contribution in [0, 0.1) is 0 Å². The van der Waals surface area contributed by atoms with Gasteiger partial charge in [-0.2, -0.15) is 0 Å². The summed E-state index contributed by atoms with van der Waals surface area (Å²) < 4.78 is 29.0. The molecule has 2 saturated heterocycles. The SMILES string of the molecule is C[C@@H](OC(=O)CCl)[C@H]1O[C@@H]2OC(C)(C)O[C@@H]2[C@H]1OCc1ccc(Cl)c(Cl)c1Cl. The lowest BCUT2D eigenvalue weighted by Crippen LogP contribution is -2.43. The van der Waals surface area contributed by atoms with E-state index in [2.05, 4.69) is 0 Å². The van der Waals surface area contributed by atoms with Crippen LogP contribution >= 0.6 is 46.4 Å². The smallest absolute Gasteiger partial charge is 0.321 e. The molecule has 3 rings (SSSR count). The van der Waals surface area contributed by atoms with Crippen molar-refractivity contribution < 1.29 is 28.5 Å². The molecule has 0 spiro atoms. The average molecular weight is 474 g/mol. The minimum absolute atomic E-state index is 0.128. The summed E-state index contributed by atoms with van der Waals surface area (Å²) >= 11 is 23.9. The third-order valence-corrected chi connectivity index (χ3v) is 6.01. The second kappa shape index (κ2) is 8.82. The van der Waals surface area contributed by atoms with Crippen molar-refractivity contribution in [1.29, 1.82) is 0 Å². The summed E-state index contributed by atoms with van der Waals surface area (Å²) in [6, 6.07) is 3.37. The van der Waals surface area contributed by atoms with Gasteiger partial charge >= 0.3 is 5.97 Å². The second-order valence-corrected chi connectivity index (χ2v) is 8.44. The van der Waals surface area contributed by atoms with Gasteiger partial charge in [0.2, 0.25) is 0 Å². The summed E-state index contributed by atoms with van der Waals surface area (Å²) in [6.45, 7) is 5.40. The molecule has 1 aromatic carbocycles. The molecule has 2 fully saturated rings. The maximum absolute atomic E-state index is 11.6. The number of hydrogen-bond acceptors (Lipinski definition) is 6. The molecule has 2 heterocycles. The molecular formula is C18H20Cl4O6.